The van der Waals surface area contributed by atoms with Gasteiger partial charge >= 0.3 is 6.09 Å². The Morgan fingerprint density at radius 1 is 0.959 bits per heavy atom. The minimum atomic E-state index is -0.206. The van der Waals surface area contributed by atoms with Crippen LogP contribution in [0.3, 0.4) is 0 Å². The first-order valence-electron chi connectivity index (χ1n) is 18.5. The van der Waals surface area contributed by atoms with E-state index >= 15 is 0 Å². The summed E-state index contributed by atoms with van der Waals surface area (Å²) in [7, 11) is 1.68. The van der Waals surface area contributed by atoms with Crippen molar-refractivity contribution in [3.63, 3.8) is 0 Å². The van der Waals surface area contributed by atoms with E-state index < -0.39 is 0 Å². The fourth-order valence-electron chi connectivity index (χ4n) is 7.82. The predicted octanol–water partition coefficient (Wildman–Crippen LogP) is 7.92. The zero-order valence-corrected chi connectivity index (χ0v) is 29.5. The third-order valence-corrected chi connectivity index (χ3v) is 11.4. The summed E-state index contributed by atoms with van der Waals surface area (Å²) in [6, 6.07) is 8.05. The summed E-state index contributed by atoms with van der Waals surface area (Å²) < 4.78 is 17.1. The Hall–Kier alpha value is -3.95. The second-order valence-electron chi connectivity index (χ2n) is 15.2. The molecule has 0 unspecified atom stereocenters. The second-order valence-corrected chi connectivity index (χ2v) is 15.2. The molecule has 0 bridgehead atoms. The summed E-state index contributed by atoms with van der Waals surface area (Å²) in [5.74, 6) is 4.59. The van der Waals surface area contributed by atoms with Crippen molar-refractivity contribution >= 4 is 17.8 Å². The number of anilines is 1. The Kier molecular flexibility index (Phi) is 9.92. The summed E-state index contributed by atoms with van der Waals surface area (Å²) >= 11 is 0. The number of aryl methyl sites for hydroxylation is 1. The highest BCUT2D eigenvalue weighted by Gasteiger charge is 2.37. The summed E-state index contributed by atoms with van der Waals surface area (Å²) in [4.78, 5) is 45.3. The highest BCUT2D eigenvalue weighted by Crippen LogP contribution is 2.41. The highest BCUT2D eigenvalue weighted by atomic mass is 16.6. The van der Waals surface area contributed by atoms with Crippen LogP contribution >= 0.6 is 0 Å². The number of carbonyl (C=O) groups is 2. The van der Waals surface area contributed by atoms with Gasteiger partial charge in [0, 0.05) is 54.8 Å². The molecule has 10 nitrogen and oxygen atoms in total. The molecule has 3 aromatic heterocycles. The Bertz CT molecular complexity index is 1610. The van der Waals surface area contributed by atoms with Gasteiger partial charge in [-0.1, -0.05) is 13.8 Å². The average molecular weight is 670 g/mol. The van der Waals surface area contributed by atoms with E-state index in [4.69, 9.17) is 28.8 Å². The number of rotatable bonds is 10. The van der Waals surface area contributed by atoms with E-state index in [1.54, 1.807) is 19.6 Å². The molecule has 262 valence electrons. The number of hydrogen-bond donors (Lipinski definition) is 0. The normalized spacial score (nSPS) is 24.4. The molecule has 3 saturated carbocycles. The molecule has 0 radical (unpaired) electrons. The SMILES string of the molecule is COc1ccc(C2CCC(CN(C(=O)C3CCC(OC(=O)N4CC(C(C)C)C4)CC3)c3cc(-c4coc(C5CC5)n4)ccn3)CC2)nc1C. The molecule has 0 spiro atoms. The van der Waals surface area contributed by atoms with Crippen molar-refractivity contribution in [3.05, 3.63) is 54.0 Å². The van der Waals surface area contributed by atoms with E-state index in [0.29, 0.717) is 67.6 Å². The molecular weight excluding hydrogens is 618 g/mol. The van der Waals surface area contributed by atoms with Crippen molar-refractivity contribution in [2.24, 2.45) is 23.7 Å². The molecule has 7 rings (SSSR count). The number of oxazole rings is 1. The maximum Gasteiger partial charge on any atom is 0.410 e. The minimum absolute atomic E-state index is 0.116. The van der Waals surface area contributed by atoms with Crippen molar-refractivity contribution in [1.29, 1.82) is 0 Å². The third kappa shape index (κ3) is 7.63. The lowest BCUT2D eigenvalue weighted by Gasteiger charge is -2.41. The van der Waals surface area contributed by atoms with Gasteiger partial charge in [0.1, 0.15) is 29.6 Å². The minimum Gasteiger partial charge on any atom is -0.495 e. The van der Waals surface area contributed by atoms with Crippen molar-refractivity contribution in [2.45, 2.75) is 103 Å². The number of hydrogen-bond acceptors (Lipinski definition) is 8. The average Bonchev–Trinajstić information content (AvgIpc) is 3.82. The first-order chi connectivity index (χ1) is 23.7. The van der Waals surface area contributed by atoms with E-state index in [2.05, 4.69) is 19.9 Å². The lowest BCUT2D eigenvalue weighted by Crippen LogP contribution is -2.52. The molecule has 49 heavy (non-hydrogen) atoms. The molecule has 1 saturated heterocycles. The fourth-order valence-corrected chi connectivity index (χ4v) is 7.82. The molecule has 0 N–H and O–H groups in total. The van der Waals surface area contributed by atoms with E-state index in [9.17, 15) is 9.59 Å². The molecule has 4 heterocycles. The number of ether oxygens (including phenoxy) is 2. The molecule has 10 heteroatoms. The smallest absolute Gasteiger partial charge is 0.410 e. The van der Waals surface area contributed by atoms with Gasteiger partial charge in [0.25, 0.3) is 0 Å². The largest absolute Gasteiger partial charge is 0.495 e. The first kappa shape index (κ1) is 33.5. The van der Waals surface area contributed by atoms with Crippen LogP contribution < -0.4 is 9.64 Å². The van der Waals surface area contributed by atoms with E-state index in [-0.39, 0.29) is 24.0 Å². The van der Waals surface area contributed by atoms with Crippen LogP contribution in [0.5, 0.6) is 5.75 Å². The standard InChI is InChI=1S/C39H51N5O5/c1-24(2)31-21-43(22-31)39(46)49-32-13-11-29(12-14-32)38(45)44(36-19-30(17-18-40-36)34-23-48-37(42-34)28-9-10-28)20-26-5-7-27(8-6-26)33-15-16-35(47-4)25(3)41-33/h15-19,23-24,26-29,31-32H,5-14,20-22H2,1-4H3. The summed E-state index contributed by atoms with van der Waals surface area (Å²) in [6.45, 7) is 8.58. The van der Waals surface area contributed by atoms with Gasteiger partial charge in [-0.25, -0.2) is 14.8 Å². The molecule has 3 aromatic rings. The van der Waals surface area contributed by atoms with Crippen LogP contribution in [-0.4, -0.2) is 64.7 Å². The van der Waals surface area contributed by atoms with E-state index in [1.165, 1.54) is 0 Å². The predicted molar refractivity (Wildman–Crippen MR) is 186 cm³/mol. The van der Waals surface area contributed by atoms with Gasteiger partial charge < -0.3 is 18.8 Å². The highest BCUT2D eigenvalue weighted by molar-refractivity contribution is 5.94. The number of aromatic nitrogens is 3. The quantitative estimate of drug-likeness (QED) is 0.214. The zero-order chi connectivity index (χ0) is 34.1. The van der Waals surface area contributed by atoms with Crippen LogP contribution in [0.4, 0.5) is 10.6 Å². The van der Waals surface area contributed by atoms with Crippen LogP contribution in [0.15, 0.2) is 41.1 Å². The molecule has 1 aliphatic heterocycles. The summed E-state index contributed by atoms with van der Waals surface area (Å²) in [5, 5.41) is 0. The molecule has 3 aliphatic carbocycles. The van der Waals surface area contributed by atoms with Gasteiger partial charge in [-0.15, -0.1) is 0 Å². The second kappa shape index (κ2) is 14.5. The maximum absolute atomic E-state index is 14.4. The lowest BCUT2D eigenvalue weighted by atomic mass is 9.79. The van der Waals surface area contributed by atoms with Crippen LogP contribution in [0.25, 0.3) is 11.3 Å². The maximum atomic E-state index is 14.4. The number of likely N-dealkylation sites (tertiary alicyclic amines) is 1. The molecule has 4 fully saturated rings. The number of carbonyl (C=O) groups excluding carboxylic acids is 2. The van der Waals surface area contributed by atoms with E-state index in [1.807, 2.05) is 34.9 Å². The first-order valence-corrected chi connectivity index (χ1v) is 18.5. The van der Waals surface area contributed by atoms with Gasteiger partial charge in [-0.3, -0.25) is 14.7 Å². The van der Waals surface area contributed by atoms with Crippen LogP contribution in [-0.2, 0) is 9.53 Å². The molecule has 0 aromatic carbocycles. The van der Waals surface area contributed by atoms with Crippen LogP contribution in [0, 0.1) is 30.6 Å². The van der Waals surface area contributed by atoms with E-state index in [0.717, 1.165) is 85.9 Å². The molecule has 0 atom stereocenters. The van der Waals surface area contributed by atoms with Gasteiger partial charge in [0.15, 0.2) is 5.89 Å². The van der Waals surface area contributed by atoms with Gasteiger partial charge in [-0.2, -0.15) is 0 Å². The Morgan fingerprint density at radius 2 is 1.69 bits per heavy atom. The van der Waals surface area contributed by atoms with Gasteiger partial charge in [0.2, 0.25) is 5.91 Å². The van der Waals surface area contributed by atoms with Gasteiger partial charge in [-0.05, 0) is 113 Å². The summed E-state index contributed by atoms with van der Waals surface area (Å²) in [6.07, 6.45) is 12.3. The Morgan fingerprint density at radius 3 is 2.37 bits per heavy atom. The third-order valence-electron chi connectivity index (χ3n) is 11.4. The van der Waals surface area contributed by atoms with Crippen molar-refractivity contribution in [3.8, 4) is 17.0 Å². The number of nitrogens with zero attached hydrogens (tertiary/aromatic N) is 5. The summed E-state index contributed by atoms with van der Waals surface area (Å²) in [5.41, 5.74) is 3.74. The Balaban J connectivity index is 1.02. The van der Waals surface area contributed by atoms with Crippen LogP contribution in [0.2, 0.25) is 0 Å². The fraction of sp³-hybridized carbons (Fsp3) is 0.615. The number of methoxy groups -OCH3 is 1. The van der Waals surface area contributed by atoms with Crippen molar-refractivity contribution in [1.82, 2.24) is 19.9 Å². The number of amides is 2. The molecule has 2 amide bonds. The van der Waals surface area contributed by atoms with Gasteiger partial charge in [0.05, 0.1) is 12.8 Å². The monoisotopic (exact) mass is 669 g/mol. The molecular formula is C39H51N5O5. The lowest BCUT2D eigenvalue weighted by molar-refractivity contribution is -0.124. The molecule has 4 aliphatic rings. The van der Waals surface area contributed by atoms with Crippen molar-refractivity contribution in [2.75, 3.05) is 31.6 Å². The number of pyridine rings is 2. The van der Waals surface area contributed by atoms with Crippen LogP contribution in [0.1, 0.15) is 107 Å². The van der Waals surface area contributed by atoms with Crippen molar-refractivity contribution < 1.29 is 23.5 Å². The zero-order valence-electron chi connectivity index (χ0n) is 29.5. The topological polar surface area (TPSA) is 111 Å². The Labute approximate surface area is 290 Å².